The summed E-state index contributed by atoms with van der Waals surface area (Å²) in [6.45, 7) is -3.63. The Bertz CT molecular complexity index is 1220. The maximum Gasteiger partial charge on any atom is 0.490 e. The first-order valence-electron chi connectivity index (χ1n) is 8.53. The molecule has 1 saturated heterocycles. The Balaban J connectivity index is 2.40. The van der Waals surface area contributed by atoms with E-state index < -0.39 is 65.6 Å². The first-order chi connectivity index (χ1) is 15.2. The molecule has 1 aliphatic rings. The summed E-state index contributed by atoms with van der Waals surface area (Å²) in [4.78, 5) is 54.8. The number of phosphoric ester groups is 1. The Kier molecular flexibility index (Phi) is 7.13. The highest BCUT2D eigenvalue weighted by Crippen LogP contribution is 2.66. The van der Waals surface area contributed by atoms with Crippen LogP contribution >= 0.6 is 35.1 Å². The third-order valence-corrected chi connectivity index (χ3v) is 7.18. The number of hydrogen-bond donors (Lipinski definition) is 7. The summed E-state index contributed by atoms with van der Waals surface area (Å²) < 4.78 is 66.7. The van der Waals surface area contributed by atoms with Gasteiger partial charge in [-0.2, -0.15) is 13.6 Å². The largest absolute Gasteiger partial charge is 0.490 e. The van der Waals surface area contributed by atoms with Gasteiger partial charge >= 0.3 is 29.2 Å². The molecule has 0 radical (unpaired) electrons. The van der Waals surface area contributed by atoms with Crippen molar-refractivity contribution in [2.75, 3.05) is 12.3 Å². The molecule has 180 valence electrons. The van der Waals surface area contributed by atoms with Crippen molar-refractivity contribution in [1.82, 2.24) is 14.5 Å². The maximum absolute atomic E-state index is 12.1. The van der Waals surface area contributed by atoms with Crippen LogP contribution in [0.1, 0.15) is 8.97 Å². The minimum Gasteiger partial charge on any atom is -0.387 e. The monoisotopic (exact) mass is 543 g/mol. The Morgan fingerprint density at radius 1 is 1.31 bits per heavy atom. The van der Waals surface area contributed by atoms with E-state index in [-0.39, 0.29) is 0 Å². The number of aliphatic hydroxyl groups excluding tert-OH is 1. The van der Waals surface area contributed by atoms with Crippen molar-refractivity contribution in [2.24, 2.45) is 5.73 Å². The van der Waals surface area contributed by atoms with Crippen LogP contribution in [0, 0.1) is 11.3 Å². The van der Waals surface area contributed by atoms with Gasteiger partial charge in [-0.25, -0.2) is 23.5 Å². The summed E-state index contributed by atoms with van der Waals surface area (Å²) in [6.07, 6.45) is -5.81. The molecule has 32 heavy (non-hydrogen) atoms. The molecule has 2 heterocycles. The molecule has 2 rings (SSSR count). The molecule has 0 aromatic carbocycles. The number of anilines is 1. The molecule has 0 bridgehead atoms. The molecule has 1 aromatic heterocycles. The van der Waals surface area contributed by atoms with Crippen LogP contribution in [0.15, 0.2) is 11.1 Å². The smallest absolute Gasteiger partial charge is 0.387 e. The molecule has 0 saturated carbocycles. The molecule has 0 aliphatic carbocycles. The van der Waals surface area contributed by atoms with Gasteiger partial charge in [-0.1, -0.05) is 5.92 Å². The second-order valence-corrected chi connectivity index (χ2v) is 10.2. The molecule has 1 fully saturated rings. The number of phosphoric acid groups is 3. The summed E-state index contributed by atoms with van der Waals surface area (Å²) >= 11 is 5.34. The van der Waals surface area contributed by atoms with E-state index >= 15 is 0 Å². The van der Waals surface area contributed by atoms with Gasteiger partial charge in [-0.3, -0.25) is 9.09 Å². The zero-order chi connectivity index (χ0) is 26.3. The van der Waals surface area contributed by atoms with Crippen LogP contribution in [0.5, 0.6) is 0 Å². The number of aromatic nitrogens is 3. The quantitative estimate of drug-likeness (QED) is 0.134. The van der Waals surface area contributed by atoms with Gasteiger partial charge in [0.1, 0.15) is 18.5 Å². The number of nitrogen functional groups attached to an aromatic ring is 1. The molecule has 18 nitrogen and oxygen atoms in total. The number of rotatable bonds is 8. The molecule has 1 aliphatic heterocycles. The van der Waals surface area contributed by atoms with Crippen molar-refractivity contribution in [3.8, 4) is 11.3 Å². The number of nitrogens with zero attached hydrogens (tertiary/aromatic N) is 3. The average molecular weight is 544 g/mol. The minimum atomic E-state index is -6.03. The van der Waals surface area contributed by atoms with E-state index in [2.05, 4.69) is 29.0 Å². The van der Waals surface area contributed by atoms with Crippen molar-refractivity contribution >= 4 is 41.0 Å². The Morgan fingerprint density at radius 3 is 2.47 bits per heavy atom. The number of halogens is 1. The van der Waals surface area contributed by atoms with Gasteiger partial charge < -0.3 is 40.9 Å². The fourth-order valence-electron chi connectivity index (χ4n) is 2.26. The SMILES string of the molecule is [2H]C([2H])(OP(=O)(O)OP(=O)(O)OP(=O)(O)O)[C@H]1O[C@@H](n2cnc(N)nc2=O)C(N)(C#CCl)[C@H]1O. The topological polar surface area (TPSA) is 289 Å². The first kappa shape index (κ1) is 23.9. The lowest BCUT2D eigenvalue weighted by atomic mass is 9.92. The second kappa shape index (κ2) is 9.55. The van der Waals surface area contributed by atoms with E-state index in [0.717, 1.165) is 6.33 Å². The second-order valence-electron chi connectivity index (χ2n) is 5.71. The van der Waals surface area contributed by atoms with Gasteiger partial charge in [0.05, 0.1) is 9.30 Å². The third-order valence-electron chi connectivity index (χ3n) is 3.42. The fraction of sp³-hybridized carbons (Fsp3) is 0.500. The van der Waals surface area contributed by atoms with Crippen molar-refractivity contribution in [3.63, 3.8) is 0 Å². The van der Waals surface area contributed by atoms with E-state index in [9.17, 15) is 33.4 Å². The zero-order valence-corrected chi connectivity index (χ0v) is 18.5. The van der Waals surface area contributed by atoms with Crippen LogP contribution in [-0.2, 0) is 31.6 Å². The molecule has 1 aromatic rings. The molecule has 6 atom stereocenters. The van der Waals surface area contributed by atoms with Crippen LogP contribution in [0.25, 0.3) is 0 Å². The molecule has 0 amide bonds. The summed E-state index contributed by atoms with van der Waals surface area (Å²) in [5.74, 6) is 1.62. The lowest BCUT2D eigenvalue weighted by Gasteiger charge is -2.27. The highest BCUT2D eigenvalue weighted by atomic mass is 35.5. The molecule has 9 N–H and O–H groups in total. The summed E-state index contributed by atoms with van der Waals surface area (Å²) in [7, 11) is -17.7. The number of aliphatic hydroxyl groups is 1. The lowest BCUT2D eigenvalue weighted by Crippen LogP contribution is -2.55. The average Bonchev–Trinajstić information content (AvgIpc) is 2.83. The standard InChI is InChI=1S/C10H15ClN5O13P3/c11-2-1-10(13)6(17)5(27-7(10)16-4-14-8(12)15-9(16)18)3-26-31(22,23)29-32(24,25)28-30(19,20)21/h4-7,17H,3,13H2,(H,22,23)(H,24,25)(H2,12,15,18)(H2,19,20,21)/t5-,6+,7-,10?/m1/s1/i3D2. The van der Waals surface area contributed by atoms with Crippen LogP contribution in [-0.4, -0.2) is 63.5 Å². The van der Waals surface area contributed by atoms with E-state index in [0.29, 0.717) is 4.57 Å². The van der Waals surface area contributed by atoms with Crippen molar-refractivity contribution in [3.05, 3.63) is 16.8 Å². The van der Waals surface area contributed by atoms with Crippen LogP contribution in [0.4, 0.5) is 5.95 Å². The van der Waals surface area contributed by atoms with Gasteiger partial charge in [-0.05, 0) is 11.6 Å². The predicted octanol–water partition coefficient (Wildman–Crippen LogP) is -2.28. The highest BCUT2D eigenvalue weighted by Gasteiger charge is 2.55. The van der Waals surface area contributed by atoms with E-state index in [1.54, 1.807) is 0 Å². The van der Waals surface area contributed by atoms with Gasteiger partial charge in [0, 0.05) is 5.38 Å². The zero-order valence-electron chi connectivity index (χ0n) is 17.0. The molecule has 3 unspecified atom stereocenters. The Labute approximate surface area is 185 Å². The van der Waals surface area contributed by atoms with Crippen LogP contribution < -0.4 is 17.2 Å². The predicted molar refractivity (Wildman–Crippen MR) is 101 cm³/mol. The van der Waals surface area contributed by atoms with E-state index in [4.69, 9.17) is 40.3 Å². The van der Waals surface area contributed by atoms with Crippen molar-refractivity contribution < 1.29 is 59.0 Å². The number of nitrogens with two attached hydrogens (primary N) is 2. The maximum atomic E-state index is 12.1. The van der Waals surface area contributed by atoms with Gasteiger partial charge in [0.15, 0.2) is 11.8 Å². The Morgan fingerprint density at radius 2 is 1.94 bits per heavy atom. The fourth-order valence-corrected chi connectivity index (χ4v) is 5.30. The molecule has 22 heteroatoms. The highest BCUT2D eigenvalue weighted by molar-refractivity contribution is 7.66. The number of ether oxygens (including phenoxy) is 1. The number of hydrogen-bond acceptors (Lipinski definition) is 13. The molecule has 0 spiro atoms. The summed E-state index contributed by atoms with van der Waals surface area (Å²) in [6, 6.07) is 0. The van der Waals surface area contributed by atoms with Gasteiger partial charge in [0.25, 0.3) is 0 Å². The lowest BCUT2D eigenvalue weighted by molar-refractivity contribution is -0.0471. The molecular weight excluding hydrogens is 527 g/mol. The van der Waals surface area contributed by atoms with E-state index in [1.807, 2.05) is 5.38 Å². The van der Waals surface area contributed by atoms with Crippen LogP contribution in [0.3, 0.4) is 0 Å². The normalized spacial score (nSPS) is 30.9. The summed E-state index contributed by atoms with van der Waals surface area (Å²) in [5, 5.41) is 12.4. The first-order valence-corrected chi connectivity index (χ1v) is 12.4. The van der Waals surface area contributed by atoms with Crippen molar-refractivity contribution in [2.45, 2.75) is 24.0 Å². The van der Waals surface area contributed by atoms with Gasteiger partial charge in [-0.15, -0.1) is 0 Å². The van der Waals surface area contributed by atoms with Gasteiger partial charge in [0.2, 0.25) is 5.95 Å². The third kappa shape index (κ3) is 6.64. The Hall–Kier alpha value is -1.25. The van der Waals surface area contributed by atoms with E-state index in [1.165, 1.54) is 0 Å². The van der Waals surface area contributed by atoms with Crippen molar-refractivity contribution in [1.29, 1.82) is 0 Å². The minimum absolute atomic E-state index is 0.467. The van der Waals surface area contributed by atoms with Crippen LogP contribution in [0.2, 0.25) is 0 Å². The summed E-state index contributed by atoms with van der Waals surface area (Å²) in [5.41, 5.74) is 7.69. The molecular formula is C10H15ClN5O13P3.